The minimum Gasteiger partial charge on any atom is -0.469 e. The number of hydrogen-bond donors (Lipinski definition) is 1. The first-order chi connectivity index (χ1) is 9.67. The average molecular weight is 295 g/mol. The summed E-state index contributed by atoms with van der Waals surface area (Å²) in [7, 11) is 1.44. The third-order valence-electron chi connectivity index (χ3n) is 4.09. The summed E-state index contributed by atoms with van der Waals surface area (Å²) in [5.74, 6) is 0.722. The molecule has 2 rings (SSSR count). The number of nitrogens with one attached hydrogen (secondary N) is 1. The number of esters is 1. The Kier molecular flexibility index (Phi) is 6.05. The monoisotopic (exact) mass is 295 g/mol. The molecule has 1 saturated carbocycles. The van der Waals surface area contributed by atoms with Crippen LogP contribution in [0, 0.1) is 5.92 Å². The van der Waals surface area contributed by atoms with Gasteiger partial charge in [0.25, 0.3) is 0 Å². The summed E-state index contributed by atoms with van der Waals surface area (Å²) in [6.45, 7) is 3.28. The molecule has 1 N–H and O–H groups in total. The summed E-state index contributed by atoms with van der Waals surface area (Å²) in [4.78, 5) is 13.6. The van der Waals surface area contributed by atoms with Crippen LogP contribution < -0.4 is 5.32 Å². The van der Waals surface area contributed by atoms with E-state index >= 15 is 0 Å². The van der Waals surface area contributed by atoms with E-state index < -0.39 is 0 Å². The third-order valence-corrected chi connectivity index (χ3v) is 5.17. The maximum absolute atomic E-state index is 11.2. The molecular formula is C16H25NO2S. The molecule has 0 aliphatic heterocycles. The van der Waals surface area contributed by atoms with Gasteiger partial charge in [0.2, 0.25) is 0 Å². The van der Waals surface area contributed by atoms with Crippen LogP contribution in [0.4, 0.5) is 0 Å². The van der Waals surface area contributed by atoms with Gasteiger partial charge in [-0.05, 0) is 37.3 Å². The highest BCUT2D eigenvalue weighted by molar-refractivity contribution is 7.12. The molecule has 0 amide bonds. The van der Waals surface area contributed by atoms with Gasteiger partial charge in [-0.2, -0.15) is 0 Å². The lowest BCUT2D eigenvalue weighted by Crippen LogP contribution is -2.27. The highest BCUT2D eigenvalue weighted by Gasteiger charge is 2.16. The van der Waals surface area contributed by atoms with Gasteiger partial charge >= 0.3 is 5.97 Å². The van der Waals surface area contributed by atoms with E-state index in [-0.39, 0.29) is 5.97 Å². The van der Waals surface area contributed by atoms with Crippen LogP contribution in [0.15, 0.2) is 12.1 Å². The van der Waals surface area contributed by atoms with Crippen LogP contribution in [0.25, 0.3) is 0 Å². The van der Waals surface area contributed by atoms with Crippen molar-refractivity contribution in [2.75, 3.05) is 7.11 Å². The second-order valence-electron chi connectivity index (χ2n) is 5.81. The molecule has 1 aromatic heterocycles. The number of rotatable bonds is 5. The number of carbonyl (C=O) groups excluding carboxylic acids is 1. The van der Waals surface area contributed by atoms with Crippen LogP contribution in [0.1, 0.15) is 48.8 Å². The normalized spacial score (nSPS) is 23.3. The van der Waals surface area contributed by atoms with Crippen molar-refractivity contribution in [3.8, 4) is 0 Å². The third kappa shape index (κ3) is 4.91. The van der Waals surface area contributed by atoms with Gasteiger partial charge in [0.15, 0.2) is 0 Å². The molecule has 3 nitrogen and oxygen atoms in total. The van der Waals surface area contributed by atoms with Crippen LogP contribution in [0.2, 0.25) is 0 Å². The standard InChI is InChI=1S/C16H25NO2S/c1-12-4-3-5-13(7-6-12)17-11-15-9-8-14(20-15)10-16(18)19-2/h8-9,12-13,17H,3-7,10-11H2,1-2H3. The molecule has 0 bridgehead atoms. The number of methoxy groups -OCH3 is 1. The van der Waals surface area contributed by atoms with Gasteiger partial charge in [0.1, 0.15) is 0 Å². The van der Waals surface area contributed by atoms with Crippen molar-refractivity contribution < 1.29 is 9.53 Å². The maximum Gasteiger partial charge on any atom is 0.310 e. The molecular weight excluding hydrogens is 270 g/mol. The van der Waals surface area contributed by atoms with E-state index in [1.54, 1.807) is 11.3 Å². The van der Waals surface area contributed by atoms with Gasteiger partial charge in [0.05, 0.1) is 13.5 Å². The fraction of sp³-hybridized carbons (Fsp3) is 0.688. The van der Waals surface area contributed by atoms with Gasteiger partial charge in [-0.1, -0.05) is 19.8 Å². The molecule has 1 heterocycles. The van der Waals surface area contributed by atoms with Gasteiger partial charge < -0.3 is 10.1 Å². The fourth-order valence-electron chi connectivity index (χ4n) is 2.76. The second-order valence-corrected chi connectivity index (χ2v) is 7.07. The minimum atomic E-state index is -0.163. The number of carbonyl (C=O) groups is 1. The van der Waals surface area contributed by atoms with Crippen molar-refractivity contribution in [2.24, 2.45) is 5.92 Å². The Labute approximate surface area is 125 Å². The molecule has 1 aromatic rings. The summed E-state index contributed by atoms with van der Waals surface area (Å²) < 4.78 is 4.69. The van der Waals surface area contributed by atoms with E-state index in [0.29, 0.717) is 12.5 Å². The summed E-state index contributed by atoms with van der Waals surface area (Å²) in [5, 5.41) is 3.67. The lowest BCUT2D eigenvalue weighted by Gasteiger charge is -2.15. The molecule has 2 atom stereocenters. The number of ether oxygens (including phenoxy) is 1. The molecule has 1 aliphatic carbocycles. The van der Waals surface area contributed by atoms with E-state index in [4.69, 9.17) is 4.74 Å². The summed E-state index contributed by atoms with van der Waals surface area (Å²) in [6.07, 6.45) is 7.04. The van der Waals surface area contributed by atoms with E-state index in [9.17, 15) is 4.79 Å². The topological polar surface area (TPSA) is 38.3 Å². The van der Waals surface area contributed by atoms with Gasteiger partial charge in [-0.15, -0.1) is 11.3 Å². The van der Waals surface area contributed by atoms with Crippen molar-refractivity contribution >= 4 is 17.3 Å². The van der Waals surface area contributed by atoms with Gasteiger partial charge in [0, 0.05) is 22.3 Å². The Morgan fingerprint density at radius 1 is 1.30 bits per heavy atom. The quantitative estimate of drug-likeness (QED) is 0.667. The molecule has 1 aliphatic rings. The van der Waals surface area contributed by atoms with E-state index in [1.165, 1.54) is 44.1 Å². The molecule has 0 spiro atoms. The summed E-state index contributed by atoms with van der Waals surface area (Å²) in [5.41, 5.74) is 0. The van der Waals surface area contributed by atoms with Crippen molar-refractivity contribution in [1.82, 2.24) is 5.32 Å². The largest absolute Gasteiger partial charge is 0.469 e. The average Bonchev–Trinajstić information content (AvgIpc) is 2.77. The first kappa shape index (κ1) is 15.5. The molecule has 20 heavy (non-hydrogen) atoms. The van der Waals surface area contributed by atoms with Gasteiger partial charge in [-0.3, -0.25) is 4.79 Å². The first-order valence-corrected chi connectivity index (χ1v) is 8.37. The van der Waals surface area contributed by atoms with Crippen LogP contribution in [-0.2, 0) is 22.5 Å². The zero-order valence-corrected chi connectivity index (χ0v) is 13.3. The molecule has 0 aromatic carbocycles. The molecule has 4 heteroatoms. The zero-order valence-electron chi connectivity index (χ0n) is 12.5. The summed E-state index contributed by atoms with van der Waals surface area (Å²) in [6, 6.07) is 4.81. The molecule has 1 fully saturated rings. The molecule has 0 saturated heterocycles. The predicted octanol–water partition coefficient (Wildman–Crippen LogP) is 3.52. The van der Waals surface area contributed by atoms with Crippen LogP contribution in [0.3, 0.4) is 0 Å². The Balaban J connectivity index is 1.77. The Morgan fingerprint density at radius 3 is 2.90 bits per heavy atom. The molecule has 0 radical (unpaired) electrons. The maximum atomic E-state index is 11.2. The number of hydrogen-bond acceptors (Lipinski definition) is 4. The van der Waals surface area contributed by atoms with Gasteiger partial charge in [-0.25, -0.2) is 0 Å². The smallest absolute Gasteiger partial charge is 0.310 e. The lowest BCUT2D eigenvalue weighted by molar-refractivity contribution is -0.139. The lowest BCUT2D eigenvalue weighted by atomic mass is 10.0. The zero-order chi connectivity index (χ0) is 14.4. The van der Waals surface area contributed by atoms with E-state index in [0.717, 1.165) is 17.3 Å². The Morgan fingerprint density at radius 2 is 2.10 bits per heavy atom. The summed E-state index contributed by atoms with van der Waals surface area (Å²) >= 11 is 1.71. The van der Waals surface area contributed by atoms with E-state index in [2.05, 4.69) is 18.3 Å². The molecule has 112 valence electrons. The van der Waals surface area contributed by atoms with Crippen molar-refractivity contribution in [3.05, 3.63) is 21.9 Å². The highest BCUT2D eigenvalue weighted by atomic mass is 32.1. The van der Waals surface area contributed by atoms with E-state index in [1.807, 2.05) is 6.07 Å². The molecule has 2 unspecified atom stereocenters. The van der Waals surface area contributed by atoms with Crippen molar-refractivity contribution in [1.29, 1.82) is 0 Å². The minimum absolute atomic E-state index is 0.163. The SMILES string of the molecule is COC(=O)Cc1ccc(CNC2CCCC(C)CC2)s1. The van der Waals surface area contributed by atoms with Crippen LogP contribution in [0.5, 0.6) is 0 Å². The Hall–Kier alpha value is -0.870. The first-order valence-electron chi connectivity index (χ1n) is 7.55. The van der Waals surface area contributed by atoms with Crippen molar-refractivity contribution in [2.45, 2.75) is 58.0 Å². The highest BCUT2D eigenvalue weighted by Crippen LogP contribution is 2.23. The van der Waals surface area contributed by atoms with Crippen molar-refractivity contribution in [3.63, 3.8) is 0 Å². The van der Waals surface area contributed by atoms with Crippen LogP contribution >= 0.6 is 11.3 Å². The predicted molar refractivity (Wildman–Crippen MR) is 82.9 cm³/mol. The second kappa shape index (κ2) is 7.79. The number of thiophene rings is 1. The fourth-order valence-corrected chi connectivity index (χ4v) is 3.72. The Bertz CT molecular complexity index is 430. The van der Waals surface area contributed by atoms with Crippen LogP contribution in [-0.4, -0.2) is 19.1 Å².